The summed E-state index contributed by atoms with van der Waals surface area (Å²) < 4.78 is 14.3. The molecule has 1 aromatic carbocycles. The van der Waals surface area contributed by atoms with Gasteiger partial charge in [-0.2, -0.15) is 0 Å². The van der Waals surface area contributed by atoms with Crippen LogP contribution in [-0.4, -0.2) is 33.3 Å². The zero-order valence-electron chi connectivity index (χ0n) is 16.6. The highest BCUT2D eigenvalue weighted by Crippen LogP contribution is 2.28. The molecule has 2 atom stereocenters. The first kappa shape index (κ1) is 21.7. The largest absolute Gasteiger partial charge is 0.389 e. The number of hydrogen-bond acceptors (Lipinski definition) is 5. The molecule has 0 aliphatic carbocycles. The van der Waals surface area contributed by atoms with Gasteiger partial charge in [0.15, 0.2) is 0 Å². The quantitative estimate of drug-likeness (QED) is 0.494. The molecule has 6 nitrogen and oxygen atoms in total. The number of aromatic nitrogens is 2. The molecule has 0 aliphatic heterocycles. The van der Waals surface area contributed by atoms with Crippen LogP contribution < -0.4 is 10.6 Å². The number of pyridine rings is 2. The summed E-state index contributed by atoms with van der Waals surface area (Å²) in [5.41, 5.74) is 2.50. The summed E-state index contributed by atoms with van der Waals surface area (Å²) >= 11 is 6.01. The first-order chi connectivity index (χ1) is 14.4. The van der Waals surface area contributed by atoms with E-state index in [1.165, 1.54) is 24.4 Å². The molecule has 0 aliphatic rings. The zero-order chi connectivity index (χ0) is 21.7. The number of nitrogens with one attached hydrogen (secondary N) is 2. The Morgan fingerprint density at radius 3 is 2.73 bits per heavy atom. The Kier molecular flexibility index (Phi) is 6.97. The normalized spacial score (nSPS) is 12.8. The lowest BCUT2D eigenvalue weighted by molar-refractivity contribution is 0.0879. The molecule has 3 N–H and O–H groups in total. The molecule has 156 valence electrons. The highest BCUT2D eigenvalue weighted by molar-refractivity contribution is 6.30. The Hall–Kier alpha value is -3.03. The minimum atomic E-state index is -0.908. The van der Waals surface area contributed by atoms with Crippen LogP contribution in [0, 0.1) is 5.82 Å². The van der Waals surface area contributed by atoms with Crippen LogP contribution in [0.3, 0.4) is 0 Å². The monoisotopic (exact) mass is 428 g/mol. The fourth-order valence-corrected chi connectivity index (χ4v) is 3.08. The van der Waals surface area contributed by atoms with Gasteiger partial charge in [0.1, 0.15) is 12.0 Å². The molecule has 30 heavy (non-hydrogen) atoms. The van der Waals surface area contributed by atoms with E-state index in [0.717, 1.165) is 5.56 Å². The second-order valence-corrected chi connectivity index (χ2v) is 7.22. The molecule has 0 radical (unpaired) electrons. The van der Waals surface area contributed by atoms with Crippen LogP contribution >= 0.6 is 11.6 Å². The van der Waals surface area contributed by atoms with E-state index in [-0.39, 0.29) is 11.5 Å². The standard InChI is InChI=1S/C22H22ClFN4O2/c1-3-14-12-26-20(17-9-16(23)6-7-18(17)24)10-19(14)27-21(13(2)29)28-22(30)15-5-4-8-25-11-15/h4-13,21,29H,3H2,1-2H3,(H,26,27)(H,28,30)/t13-,21-/m0/s1. The van der Waals surface area contributed by atoms with Gasteiger partial charge < -0.3 is 15.7 Å². The Morgan fingerprint density at radius 2 is 2.07 bits per heavy atom. The molecular formula is C22H22ClFN4O2. The van der Waals surface area contributed by atoms with Crippen molar-refractivity contribution in [3.8, 4) is 11.3 Å². The van der Waals surface area contributed by atoms with Crippen molar-refractivity contribution in [1.82, 2.24) is 15.3 Å². The number of carbonyl (C=O) groups excluding carboxylic acids is 1. The smallest absolute Gasteiger partial charge is 0.254 e. The lowest BCUT2D eigenvalue weighted by Crippen LogP contribution is -2.47. The van der Waals surface area contributed by atoms with Crippen LogP contribution in [0.4, 0.5) is 10.1 Å². The van der Waals surface area contributed by atoms with Crippen LogP contribution in [-0.2, 0) is 6.42 Å². The fourth-order valence-electron chi connectivity index (χ4n) is 2.91. The number of benzene rings is 1. The predicted molar refractivity (Wildman–Crippen MR) is 115 cm³/mol. The van der Waals surface area contributed by atoms with E-state index in [0.29, 0.717) is 28.4 Å². The third-order valence-electron chi connectivity index (χ3n) is 4.58. The van der Waals surface area contributed by atoms with Gasteiger partial charge in [-0.1, -0.05) is 18.5 Å². The topological polar surface area (TPSA) is 87.1 Å². The summed E-state index contributed by atoms with van der Waals surface area (Å²) in [5.74, 6) is -0.825. The van der Waals surface area contributed by atoms with Crippen molar-refractivity contribution in [3.05, 3.63) is 77.0 Å². The Bertz CT molecular complexity index is 1030. The van der Waals surface area contributed by atoms with E-state index < -0.39 is 18.1 Å². The number of rotatable bonds is 7. The van der Waals surface area contributed by atoms with Crippen molar-refractivity contribution in [2.24, 2.45) is 0 Å². The molecule has 0 saturated carbocycles. The number of amides is 1. The summed E-state index contributed by atoms with van der Waals surface area (Å²) in [6.45, 7) is 3.51. The number of nitrogens with zero attached hydrogens (tertiary/aromatic N) is 2. The maximum absolute atomic E-state index is 14.3. The average Bonchev–Trinajstić information content (AvgIpc) is 2.75. The molecule has 3 aromatic rings. The maximum Gasteiger partial charge on any atom is 0.254 e. The molecule has 0 spiro atoms. The second-order valence-electron chi connectivity index (χ2n) is 6.78. The highest BCUT2D eigenvalue weighted by Gasteiger charge is 2.20. The summed E-state index contributed by atoms with van der Waals surface area (Å²) in [4.78, 5) is 20.8. The lowest BCUT2D eigenvalue weighted by Gasteiger charge is -2.25. The summed E-state index contributed by atoms with van der Waals surface area (Å²) in [6.07, 6.45) is 3.61. The van der Waals surface area contributed by atoms with Gasteiger partial charge in [0.25, 0.3) is 5.91 Å². The van der Waals surface area contributed by atoms with Gasteiger partial charge in [0.05, 0.1) is 17.4 Å². The SMILES string of the molecule is CCc1cnc(-c2cc(Cl)ccc2F)cc1N[C@@H](NC(=O)c1cccnc1)[C@H](C)O. The number of aliphatic hydroxyl groups is 1. The summed E-state index contributed by atoms with van der Waals surface area (Å²) in [5, 5.41) is 16.5. The minimum Gasteiger partial charge on any atom is -0.389 e. The van der Waals surface area contributed by atoms with E-state index in [1.807, 2.05) is 6.92 Å². The molecule has 0 unspecified atom stereocenters. The zero-order valence-corrected chi connectivity index (χ0v) is 17.3. The molecule has 0 saturated heterocycles. The molecule has 3 rings (SSSR count). The highest BCUT2D eigenvalue weighted by atomic mass is 35.5. The molecule has 0 bridgehead atoms. The minimum absolute atomic E-state index is 0.265. The third kappa shape index (κ3) is 5.11. The van der Waals surface area contributed by atoms with Gasteiger partial charge >= 0.3 is 0 Å². The molecule has 2 aromatic heterocycles. The number of halogens is 2. The van der Waals surface area contributed by atoms with Crippen LogP contribution in [0.25, 0.3) is 11.3 Å². The average molecular weight is 429 g/mol. The fraction of sp³-hybridized carbons (Fsp3) is 0.227. The summed E-state index contributed by atoms with van der Waals surface area (Å²) in [6, 6.07) is 9.23. The summed E-state index contributed by atoms with van der Waals surface area (Å²) in [7, 11) is 0. The second kappa shape index (κ2) is 9.65. The Labute approximate surface area is 179 Å². The van der Waals surface area contributed by atoms with E-state index >= 15 is 0 Å². The molecule has 2 heterocycles. The molecule has 0 fully saturated rings. The number of carbonyl (C=O) groups is 1. The number of anilines is 1. The third-order valence-corrected chi connectivity index (χ3v) is 4.81. The van der Waals surface area contributed by atoms with Gasteiger partial charge in [0, 0.05) is 34.9 Å². The van der Waals surface area contributed by atoms with Crippen molar-refractivity contribution >= 4 is 23.2 Å². The van der Waals surface area contributed by atoms with Gasteiger partial charge in [-0.25, -0.2) is 4.39 Å². The molecule has 1 amide bonds. The van der Waals surface area contributed by atoms with Gasteiger partial charge in [-0.05, 0) is 55.3 Å². The van der Waals surface area contributed by atoms with E-state index in [9.17, 15) is 14.3 Å². The van der Waals surface area contributed by atoms with Crippen molar-refractivity contribution in [3.63, 3.8) is 0 Å². The van der Waals surface area contributed by atoms with E-state index in [1.54, 1.807) is 37.5 Å². The van der Waals surface area contributed by atoms with Crippen molar-refractivity contribution in [2.45, 2.75) is 32.5 Å². The number of aliphatic hydroxyl groups excluding tert-OH is 1. The Morgan fingerprint density at radius 1 is 1.27 bits per heavy atom. The van der Waals surface area contributed by atoms with Crippen molar-refractivity contribution in [1.29, 1.82) is 0 Å². The number of hydrogen-bond donors (Lipinski definition) is 3. The van der Waals surface area contributed by atoms with Gasteiger partial charge in [-0.15, -0.1) is 0 Å². The van der Waals surface area contributed by atoms with E-state index in [4.69, 9.17) is 11.6 Å². The van der Waals surface area contributed by atoms with Crippen LogP contribution in [0.5, 0.6) is 0 Å². The maximum atomic E-state index is 14.3. The van der Waals surface area contributed by atoms with Crippen LogP contribution in [0.2, 0.25) is 5.02 Å². The molecular weight excluding hydrogens is 407 g/mol. The van der Waals surface area contributed by atoms with Crippen molar-refractivity contribution in [2.75, 3.05) is 5.32 Å². The van der Waals surface area contributed by atoms with E-state index in [2.05, 4.69) is 20.6 Å². The first-order valence-corrected chi connectivity index (χ1v) is 9.86. The van der Waals surface area contributed by atoms with Gasteiger partial charge in [-0.3, -0.25) is 14.8 Å². The van der Waals surface area contributed by atoms with Crippen LogP contribution in [0.15, 0.2) is 55.0 Å². The van der Waals surface area contributed by atoms with Crippen LogP contribution in [0.1, 0.15) is 29.8 Å². The molecule has 8 heteroatoms. The predicted octanol–water partition coefficient (Wildman–Crippen LogP) is 4.05. The first-order valence-electron chi connectivity index (χ1n) is 9.49. The lowest BCUT2D eigenvalue weighted by atomic mass is 10.1. The van der Waals surface area contributed by atoms with Crippen molar-refractivity contribution < 1.29 is 14.3 Å². The van der Waals surface area contributed by atoms with Gasteiger partial charge in [0.2, 0.25) is 0 Å². The number of aryl methyl sites for hydroxylation is 1. The Balaban J connectivity index is 1.90.